The van der Waals surface area contributed by atoms with Gasteiger partial charge in [-0.25, -0.2) is 4.79 Å². The molecule has 2 rings (SSSR count). The molecule has 1 aromatic carbocycles. The number of ether oxygens (including phenoxy) is 2. The topological polar surface area (TPSA) is 64.6 Å². The van der Waals surface area contributed by atoms with Crippen molar-refractivity contribution in [2.24, 2.45) is 0 Å². The highest BCUT2D eigenvalue weighted by molar-refractivity contribution is 7.12. The highest BCUT2D eigenvalue weighted by atomic mass is 35.5. The quantitative estimate of drug-likeness (QED) is 0.804. The fourth-order valence-corrected chi connectivity index (χ4v) is 3.27. The lowest BCUT2D eigenvalue weighted by Crippen LogP contribution is -2.30. The number of nitrogens with one attached hydrogen (secondary N) is 1. The molecule has 0 spiro atoms. The second kappa shape index (κ2) is 7.68. The zero-order valence-electron chi connectivity index (χ0n) is 13.8. The maximum absolute atomic E-state index is 12.2. The van der Waals surface area contributed by atoms with Gasteiger partial charge < -0.3 is 14.8 Å². The standard InChI is InChI=1S/C17H18ClNO4S/c1-9-7-13(11(3)24-9)17(21)23-10(2)16(20)19-12-5-6-15(22-4)14(18)8-12/h5-8,10H,1-4H3,(H,19,20)/t10-/m1/s1. The van der Waals surface area contributed by atoms with Crippen molar-refractivity contribution >= 4 is 40.5 Å². The summed E-state index contributed by atoms with van der Waals surface area (Å²) in [7, 11) is 1.51. The van der Waals surface area contributed by atoms with Crippen LogP contribution in [0.2, 0.25) is 5.02 Å². The maximum Gasteiger partial charge on any atom is 0.340 e. The van der Waals surface area contributed by atoms with Crippen molar-refractivity contribution in [3.63, 3.8) is 0 Å². The number of hydrogen-bond acceptors (Lipinski definition) is 5. The Morgan fingerprint density at radius 1 is 1.25 bits per heavy atom. The van der Waals surface area contributed by atoms with Crippen molar-refractivity contribution in [1.29, 1.82) is 0 Å². The molecule has 0 aliphatic carbocycles. The second-order valence-electron chi connectivity index (χ2n) is 5.21. The van der Waals surface area contributed by atoms with E-state index >= 15 is 0 Å². The molecule has 2 aromatic rings. The molecule has 7 heteroatoms. The summed E-state index contributed by atoms with van der Waals surface area (Å²) < 4.78 is 10.3. The van der Waals surface area contributed by atoms with Crippen LogP contribution in [0.4, 0.5) is 5.69 Å². The number of aryl methyl sites for hydroxylation is 2. The summed E-state index contributed by atoms with van der Waals surface area (Å²) in [6, 6.07) is 6.63. The van der Waals surface area contributed by atoms with Crippen LogP contribution in [0.1, 0.15) is 27.0 Å². The predicted molar refractivity (Wildman–Crippen MR) is 95.3 cm³/mol. The van der Waals surface area contributed by atoms with Gasteiger partial charge in [-0.1, -0.05) is 11.6 Å². The van der Waals surface area contributed by atoms with Crippen LogP contribution in [0.3, 0.4) is 0 Å². The molecule has 0 fully saturated rings. The zero-order valence-corrected chi connectivity index (χ0v) is 15.4. The molecule has 1 N–H and O–H groups in total. The Hall–Kier alpha value is -2.05. The van der Waals surface area contributed by atoms with Gasteiger partial charge in [-0.15, -0.1) is 11.3 Å². The van der Waals surface area contributed by atoms with E-state index in [9.17, 15) is 9.59 Å². The van der Waals surface area contributed by atoms with E-state index < -0.39 is 18.0 Å². The van der Waals surface area contributed by atoms with Gasteiger partial charge >= 0.3 is 5.97 Å². The van der Waals surface area contributed by atoms with Gasteiger partial charge in [0.2, 0.25) is 0 Å². The zero-order chi connectivity index (χ0) is 17.9. The largest absolute Gasteiger partial charge is 0.495 e. The molecule has 0 radical (unpaired) electrons. The number of amides is 1. The van der Waals surface area contributed by atoms with Crippen LogP contribution in [0.5, 0.6) is 5.75 Å². The van der Waals surface area contributed by atoms with Gasteiger partial charge in [0.25, 0.3) is 5.91 Å². The minimum absolute atomic E-state index is 0.379. The molecule has 24 heavy (non-hydrogen) atoms. The van der Waals surface area contributed by atoms with E-state index in [-0.39, 0.29) is 0 Å². The minimum Gasteiger partial charge on any atom is -0.495 e. The number of benzene rings is 1. The Balaban J connectivity index is 2.00. The van der Waals surface area contributed by atoms with Crippen LogP contribution >= 0.6 is 22.9 Å². The minimum atomic E-state index is -0.932. The van der Waals surface area contributed by atoms with Gasteiger partial charge in [-0.2, -0.15) is 0 Å². The fourth-order valence-electron chi connectivity index (χ4n) is 2.10. The molecule has 1 aromatic heterocycles. The highest BCUT2D eigenvalue weighted by Gasteiger charge is 2.21. The van der Waals surface area contributed by atoms with Crippen molar-refractivity contribution in [2.45, 2.75) is 26.9 Å². The monoisotopic (exact) mass is 367 g/mol. The Bertz CT molecular complexity index is 772. The van der Waals surface area contributed by atoms with E-state index in [1.807, 2.05) is 13.8 Å². The Labute approximate surface area is 149 Å². The molecular formula is C17H18ClNO4S. The predicted octanol–water partition coefficient (Wildman–Crippen LogP) is 4.21. The Kier molecular flexibility index (Phi) is 5.85. The summed E-state index contributed by atoms with van der Waals surface area (Å²) in [4.78, 5) is 26.2. The molecule has 0 aliphatic rings. The normalized spacial score (nSPS) is 11.7. The molecule has 1 amide bonds. The van der Waals surface area contributed by atoms with Crippen LogP contribution in [0.25, 0.3) is 0 Å². The summed E-state index contributed by atoms with van der Waals surface area (Å²) in [5.74, 6) is -0.432. The molecule has 1 heterocycles. The third-order valence-electron chi connectivity index (χ3n) is 3.33. The Morgan fingerprint density at radius 2 is 1.96 bits per heavy atom. The van der Waals surface area contributed by atoms with E-state index in [1.165, 1.54) is 25.4 Å². The number of carbonyl (C=O) groups is 2. The van der Waals surface area contributed by atoms with Crippen molar-refractivity contribution < 1.29 is 19.1 Å². The summed E-state index contributed by atoms with van der Waals surface area (Å²) >= 11 is 7.53. The van der Waals surface area contributed by atoms with Crippen molar-refractivity contribution in [2.75, 3.05) is 12.4 Å². The number of rotatable bonds is 5. The number of carbonyl (C=O) groups excluding carboxylic acids is 2. The summed E-state index contributed by atoms with van der Waals surface area (Å²) in [6.07, 6.45) is -0.932. The van der Waals surface area contributed by atoms with Crippen LogP contribution < -0.4 is 10.1 Å². The number of anilines is 1. The number of thiophene rings is 1. The maximum atomic E-state index is 12.2. The average molecular weight is 368 g/mol. The molecule has 0 saturated heterocycles. The summed E-state index contributed by atoms with van der Waals surface area (Å²) in [5.41, 5.74) is 0.987. The van der Waals surface area contributed by atoms with Crippen molar-refractivity contribution in [1.82, 2.24) is 0 Å². The third-order valence-corrected chi connectivity index (χ3v) is 4.59. The first-order chi connectivity index (χ1) is 11.3. The summed E-state index contributed by atoms with van der Waals surface area (Å²) in [6.45, 7) is 5.28. The van der Waals surface area contributed by atoms with Crippen LogP contribution in [0.15, 0.2) is 24.3 Å². The smallest absolute Gasteiger partial charge is 0.340 e. The summed E-state index contributed by atoms with van der Waals surface area (Å²) in [5, 5.41) is 3.04. The van der Waals surface area contributed by atoms with E-state index in [0.29, 0.717) is 22.0 Å². The highest BCUT2D eigenvalue weighted by Crippen LogP contribution is 2.27. The van der Waals surface area contributed by atoms with Crippen molar-refractivity contribution in [3.8, 4) is 5.75 Å². The van der Waals surface area contributed by atoms with Crippen molar-refractivity contribution in [3.05, 3.63) is 44.6 Å². The lowest BCUT2D eigenvalue weighted by atomic mass is 10.2. The fraction of sp³-hybridized carbons (Fsp3) is 0.294. The third kappa shape index (κ3) is 4.27. The SMILES string of the molecule is COc1ccc(NC(=O)[C@@H](C)OC(=O)c2cc(C)sc2C)cc1Cl. The van der Waals surface area contributed by atoms with Gasteiger partial charge in [-0.05, 0) is 45.0 Å². The first-order valence-electron chi connectivity index (χ1n) is 7.24. The van der Waals surface area contributed by atoms with Gasteiger partial charge in [0.1, 0.15) is 5.75 Å². The van der Waals surface area contributed by atoms with E-state index in [0.717, 1.165) is 9.75 Å². The van der Waals surface area contributed by atoms with Crippen LogP contribution in [-0.2, 0) is 9.53 Å². The van der Waals surface area contributed by atoms with Gasteiger partial charge in [-0.3, -0.25) is 4.79 Å². The molecule has 0 bridgehead atoms. The molecule has 0 saturated carbocycles. The second-order valence-corrected chi connectivity index (χ2v) is 7.08. The van der Waals surface area contributed by atoms with Crippen LogP contribution in [0, 0.1) is 13.8 Å². The number of halogens is 1. The lowest BCUT2D eigenvalue weighted by molar-refractivity contribution is -0.123. The first-order valence-corrected chi connectivity index (χ1v) is 8.43. The van der Waals surface area contributed by atoms with Gasteiger partial charge in [0.05, 0.1) is 17.7 Å². The van der Waals surface area contributed by atoms with E-state index in [4.69, 9.17) is 21.1 Å². The van der Waals surface area contributed by atoms with Gasteiger partial charge in [0, 0.05) is 15.4 Å². The lowest BCUT2D eigenvalue weighted by Gasteiger charge is -2.14. The van der Waals surface area contributed by atoms with Gasteiger partial charge in [0.15, 0.2) is 6.10 Å². The molecule has 0 unspecified atom stereocenters. The van der Waals surface area contributed by atoms with E-state index in [2.05, 4.69) is 5.32 Å². The average Bonchev–Trinajstić information content (AvgIpc) is 2.86. The number of hydrogen-bond donors (Lipinski definition) is 1. The van der Waals surface area contributed by atoms with E-state index in [1.54, 1.807) is 24.3 Å². The molecule has 128 valence electrons. The molecule has 5 nitrogen and oxygen atoms in total. The Morgan fingerprint density at radius 3 is 2.50 bits per heavy atom. The first kappa shape index (κ1) is 18.3. The molecular weight excluding hydrogens is 350 g/mol. The number of methoxy groups -OCH3 is 1. The number of esters is 1. The molecule has 1 atom stereocenters. The van der Waals surface area contributed by atoms with Crippen LogP contribution in [-0.4, -0.2) is 25.1 Å². The molecule has 0 aliphatic heterocycles.